The van der Waals surface area contributed by atoms with Gasteiger partial charge in [0, 0.05) is 0 Å². The summed E-state index contributed by atoms with van der Waals surface area (Å²) in [6.45, 7) is 4.02. The summed E-state index contributed by atoms with van der Waals surface area (Å²) in [5.41, 5.74) is 5.52. The number of aliphatic carboxylic acids is 1. The summed E-state index contributed by atoms with van der Waals surface area (Å²) in [6.07, 6.45) is 1.70. The molecule has 4 aromatic rings. The standard InChI is InChI=1S/C29H28N4O4/c1-3-20-5-4-6-21(17-20)18-37-28(36)30-26-19(2)31-32-33(26)25-13-9-23(10-14-25)22-7-11-24(12-8-22)29(15-16-29)27(34)35/h4-14,17H,3,15-16,18H2,1-2H3,(H,30,36)(H,34,35). The van der Waals surface area contributed by atoms with E-state index in [0.717, 1.165) is 34.4 Å². The third-order valence-corrected chi connectivity index (χ3v) is 6.87. The number of rotatable bonds is 8. The molecule has 0 unspecified atom stereocenters. The number of nitrogens with one attached hydrogen (secondary N) is 1. The van der Waals surface area contributed by atoms with Crippen molar-refractivity contribution in [3.8, 4) is 16.8 Å². The summed E-state index contributed by atoms with van der Waals surface area (Å²) < 4.78 is 6.98. The Morgan fingerprint density at radius 1 is 1.00 bits per heavy atom. The van der Waals surface area contributed by atoms with Crippen LogP contribution in [0.3, 0.4) is 0 Å². The van der Waals surface area contributed by atoms with Crippen LogP contribution >= 0.6 is 0 Å². The van der Waals surface area contributed by atoms with Crippen molar-refractivity contribution >= 4 is 17.9 Å². The third kappa shape index (κ3) is 4.95. The first-order chi connectivity index (χ1) is 17.9. The number of hydrogen-bond donors (Lipinski definition) is 2. The Morgan fingerprint density at radius 2 is 1.65 bits per heavy atom. The van der Waals surface area contributed by atoms with Gasteiger partial charge in [-0.25, -0.2) is 4.79 Å². The van der Waals surface area contributed by atoms with Crippen LogP contribution < -0.4 is 5.32 Å². The maximum atomic E-state index is 12.5. The molecule has 2 N–H and O–H groups in total. The highest BCUT2D eigenvalue weighted by atomic mass is 16.5. The molecule has 0 atom stereocenters. The van der Waals surface area contributed by atoms with Crippen molar-refractivity contribution < 1.29 is 19.4 Å². The molecule has 0 spiro atoms. The SMILES string of the molecule is CCc1cccc(COC(=O)Nc2c(C)nnn2-c2ccc(-c3ccc(C4(C(=O)O)CC4)cc3)cc2)c1. The van der Waals surface area contributed by atoms with Crippen LogP contribution in [-0.4, -0.2) is 32.2 Å². The fraction of sp³-hybridized carbons (Fsp3) is 0.241. The second kappa shape index (κ2) is 9.89. The number of aryl methyl sites for hydroxylation is 2. The smallest absolute Gasteiger partial charge is 0.413 e. The zero-order valence-electron chi connectivity index (χ0n) is 20.8. The van der Waals surface area contributed by atoms with Gasteiger partial charge in [0.25, 0.3) is 0 Å². The normalized spacial score (nSPS) is 13.7. The van der Waals surface area contributed by atoms with Gasteiger partial charge in [-0.05, 0) is 66.1 Å². The van der Waals surface area contributed by atoms with Gasteiger partial charge in [-0.2, -0.15) is 4.68 Å². The molecule has 37 heavy (non-hydrogen) atoms. The topological polar surface area (TPSA) is 106 Å². The molecule has 0 aliphatic heterocycles. The van der Waals surface area contributed by atoms with Crippen LogP contribution in [-0.2, 0) is 28.0 Å². The van der Waals surface area contributed by atoms with Crippen molar-refractivity contribution in [1.29, 1.82) is 0 Å². The summed E-state index contributed by atoms with van der Waals surface area (Å²) in [4.78, 5) is 24.1. The lowest BCUT2D eigenvalue weighted by Crippen LogP contribution is -2.19. The van der Waals surface area contributed by atoms with Gasteiger partial charge in [0.15, 0.2) is 5.82 Å². The molecule has 5 rings (SSSR count). The van der Waals surface area contributed by atoms with Gasteiger partial charge < -0.3 is 9.84 Å². The largest absolute Gasteiger partial charge is 0.481 e. The Morgan fingerprint density at radius 3 is 2.27 bits per heavy atom. The van der Waals surface area contributed by atoms with E-state index in [1.807, 2.05) is 72.8 Å². The molecule has 1 aliphatic rings. The van der Waals surface area contributed by atoms with Crippen LogP contribution in [0.2, 0.25) is 0 Å². The molecule has 1 heterocycles. The third-order valence-electron chi connectivity index (χ3n) is 6.87. The maximum absolute atomic E-state index is 12.5. The van der Waals surface area contributed by atoms with Crippen LogP contribution in [0, 0.1) is 6.92 Å². The van der Waals surface area contributed by atoms with Crippen molar-refractivity contribution in [2.45, 2.75) is 45.1 Å². The molecule has 1 amide bonds. The molecule has 1 aromatic heterocycles. The highest BCUT2D eigenvalue weighted by molar-refractivity contribution is 5.85. The zero-order chi connectivity index (χ0) is 26.0. The highest BCUT2D eigenvalue weighted by Gasteiger charge is 2.51. The monoisotopic (exact) mass is 496 g/mol. The lowest BCUT2D eigenvalue weighted by molar-refractivity contribution is -0.140. The molecule has 3 aromatic carbocycles. The summed E-state index contributed by atoms with van der Waals surface area (Å²) in [5.74, 6) is -0.320. The highest BCUT2D eigenvalue weighted by Crippen LogP contribution is 2.48. The summed E-state index contributed by atoms with van der Waals surface area (Å²) in [5, 5.41) is 20.6. The maximum Gasteiger partial charge on any atom is 0.413 e. The molecule has 1 aliphatic carbocycles. The number of anilines is 1. The fourth-order valence-electron chi connectivity index (χ4n) is 4.43. The van der Waals surface area contributed by atoms with E-state index < -0.39 is 17.5 Å². The van der Waals surface area contributed by atoms with Crippen molar-refractivity contribution in [1.82, 2.24) is 15.0 Å². The summed E-state index contributed by atoms with van der Waals surface area (Å²) >= 11 is 0. The molecule has 1 fully saturated rings. The predicted octanol–water partition coefficient (Wildman–Crippen LogP) is 5.67. The van der Waals surface area contributed by atoms with Gasteiger partial charge in [0.2, 0.25) is 0 Å². The number of carbonyl (C=O) groups excluding carboxylic acids is 1. The van der Waals surface area contributed by atoms with E-state index in [9.17, 15) is 14.7 Å². The van der Waals surface area contributed by atoms with Crippen LogP contribution in [0.4, 0.5) is 10.6 Å². The minimum Gasteiger partial charge on any atom is -0.481 e. The number of carbonyl (C=O) groups is 2. The Labute approximate surface area is 214 Å². The lowest BCUT2D eigenvalue weighted by atomic mass is 9.94. The molecular formula is C29H28N4O4. The van der Waals surface area contributed by atoms with E-state index >= 15 is 0 Å². The molecular weight excluding hydrogens is 468 g/mol. The van der Waals surface area contributed by atoms with Crippen molar-refractivity contribution in [3.05, 3.63) is 95.2 Å². The zero-order valence-corrected chi connectivity index (χ0v) is 20.8. The molecule has 0 bridgehead atoms. The van der Waals surface area contributed by atoms with Gasteiger partial charge in [-0.15, -0.1) is 5.10 Å². The van der Waals surface area contributed by atoms with Gasteiger partial charge in [-0.3, -0.25) is 10.1 Å². The first-order valence-corrected chi connectivity index (χ1v) is 12.3. The lowest BCUT2D eigenvalue weighted by Gasteiger charge is -2.12. The Bertz CT molecular complexity index is 1440. The number of carboxylic acids is 1. The molecule has 188 valence electrons. The van der Waals surface area contributed by atoms with E-state index in [1.54, 1.807) is 11.6 Å². The number of benzene rings is 3. The van der Waals surface area contributed by atoms with Crippen LogP contribution in [0.25, 0.3) is 16.8 Å². The molecule has 8 nitrogen and oxygen atoms in total. The molecule has 8 heteroatoms. The molecule has 1 saturated carbocycles. The average molecular weight is 497 g/mol. The van der Waals surface area contributed by atoms with Crippen molar-refractivity contribution in [3.63, 3.8) is 0 Å². The van der Waals surface area contributed by atoms with E-state index in [2.05, 4.69) is 22.6 Å². The van der Waals surface area contributed by atoms with Crippen LogP contribution in [0.15, 0.2) is 72.8 Å². The Kier molecular flexibility index (Phi) is 6.48. The number of hydrogen-bond acceptors (Lipinski definition) is 5. The minimum atomic E-state index is -0.758. The number of amides is 1. The predicted molar refractivity (Wildman–Crippen MR) is 140 cm³/mol. The van der Waals surface area contributed by atoms with E-state index in [4.69, 9.17) is 4.74 Å². The van der Waals surface area contributed by atoms with Crippen LogP contribution in [0.5, 0.6) is 0 Å². The van der Waals surface area contributed by atoms with Gasteiger partial charge >= 0.3 is 12.1 Å². The average Bonchev–Trinajstić information content (AvgIpc) is 3.67. The number of aromatic nitrogens is 3. The summed E-state index contributed by atoms with van der Waals surface area (Å²) in [6, 6.07) is 23.3. The van der Waals surface area contributed by atoms with Crippen LogP contribution in [0.1, 0.15) is 42.1 Å². The fourth-order valence-corrected chi connectivity index (χ4v) is 4.43. The number of ether oxygens (including phenoxy) is 1. The van der Waals surface area contributed by atoms with E-state index in [0.29, 0.717) is 24.4 Å². The van der Waals surface area contributed by atoms with Gasteiger partial charge in [0.05, 0.1) is 11.1 Å². The summed E-state index contributed by atoms with van der Waals surface area (Å²) in [7, 11) is 0. The van der Waals surface area contributed by atoms with E-state index in [-0.39, 0.29) is 6.61 Å². The quantitative estimate of drug-likeness (QED) is 0.326. The van der Waals surface area contributed by atoms with Crippen molar-refractivity contribution in [2.75, 3.05) is 5.32 Å². The molecule has 0 saturated heterocycles. The van der Waals surface area contributed by atoms with E-state index in [1.165, 1.54) is 5.56 Å². The van der Waals surface area contributed by atoms with Crippen molar-refractivity contribution in [2.24, 2.45) is 0 Å². The van der Waals surface area contributed by atoms with Gasteiger partial charge in [-0.1, -0.05) is 72.8 Å². The second-order valence-electron chi connectivity index (χ2n) is 9.32. The molecule has 0 radical (unpaired) electrons. The second-order valence-corrected chi connectivity index (χ2v) is 9.32. The Balaban J connectivity index is 1.27. The van der Waals surface area contributed by atoms with Gasteiger partial charge in [0.1, 0.15) is 12.3 Å². The number of carboxylic acid groups (broad SMARTS) is 1. The minimum absolute atomic E-state index is 0.168. The Hall–Kier alpha value is -4.46. The first kappa shape index (κ1) is 24.2. The first-order valence-electron chi connectivity index (χ1n) is 12.3. The number of nitrogens with zero attached hydrogens (tertiary/aromatic N) is 3.